The molecule has 2 aromatic carbocycles. The summed E-state index contributed by atoms with van der Waals surface area (Å²) in [6.45, 7) is 2.16. The van der Waals surface area contributed by atoms with Crippen molar-refractivity contribution >= 4 is 23.2 Å². The SMILES string of the molecule is CCC(c1ccccc1)C(N)Cc1cccc(Cl)c1Cl. The summed E-state index contributed by atoms with van der Waals surface area (Å²) in [5.41, 5.74) is 8.70. The van der Waals surface area contributed by atoms with Crippen LogP contribution in [0.4, 0.5) is 0 Å². The van der Waals surface area contributed by atoms with Gasteiger partial charge in [-0.25, -0.2) is 0 Å². The Hall–Kier alpha value is -1.02. The van der Waals surface area contributed by atoms with Crippen LogP contribution in [0.15, 0.2) is 48.5 Å². The minimum Gasteiger partial charge on any atom is -0.327 e. The molecule has 0 aromatic heterocycles. The fourth-order valence-corrected chi connectivity index (χ4v) is 2.99. The Kier molecular flexibility index (Phi) is 5.47. The van der Waals surface area contributed by atoms with Gasteiger partial charge in [0.05, 0.1) is 10.0 Å². The molecule has 2 N–H and O–H groups in total. The molecule has 0 aliphatic heterocycles. The molecule has 0 saturated carbocycles. The van der Waals surface area contributed by atoms with Crippen LogP contribution in [-0.4, -0.2) is 6.04 Å². The highest BCUT2D eigenvalue weighted by molar-refractivity contribution is 6.42. The molecule has 0 saturated heterocycles. The summed E-state index contributed by atoms with van der Waals surface area (Å²) in [6, 6.07) is 16.1. The van der Waals surface area contributed by atoms with E-state index in [0.29, 0.717) is 16.0 Å². The molecule has 0 radical (unpaired) electrons. The van der Waals surface area contributed by atoms with E-state index in [-0.39, 0.29) is 6.04 Å². The third-order valence-electron chi connectivity index (χ3n) is 3.67. The van der Waals surface area contributed by atoms with Crippen LogP contribution in [-0.2, 0) is 6.42 Å². The maximum atomic E-state index is 6.41. The second-order valence-electron chi connectivity index (χ2n) is 5.01. The van der Waals surface area contributed by atoms with Gasteiger partial charge in [0.1, 0.15) is 0 Å². The van der Waals surface area contributed by atoms with Crippen LogP contribution in [0.25, 0.3) is 0 Å². The van der Waals surface area contributed by atoms with E-state index in [4.69, 9.17) is 28.9 Å². The molecule has 0 amide bonds. The lowest BCUT2D eigenvalue weighted by atomic mass is 9.86. The van der Waals surface area contributed by atoms with Crippen LogP contribution < -0.4 is 5.73 Å². The van der Waals surface area contributed by atoms with E-state index in [1.54, 1.807) is 6.07 Å². The smallest absolute Gasteiger partial charge is 0.0624 e. The molecule has 2 unspecified atom stereocenters. The molecule has 106 valence electrons. The van der Waals surface area contributed by atoms with Crippen LogP contribution in [0.3, 0.4) is 0 Å². The Morgan fingerprint density at radius 2 is 1.70 bits per heavy atom. The number of hydrogen-bond acceptors (Lipinski definition) is 1. The Labute approximate surface area is 130 Å². The summed E-state index contributed by atoms with van der Waals surface area (Å²) in [5, 5.41) is 1.21. The average molecular weight is 308 g/mol. The van der Waals surface area contributed by atoms with E-state index in [1.165, 1.54) is 5.56 Å². The first-order valence-electron chi connectivity index (χ1n) is 6.87. The number of halogens is 2. The zero-order chi connectivity index (χ0) is 14.5. The maximum absolute atomic E-state index is 6.41. The van der Waals surface area contributed by atoms with Gasteiger partial charge in [0.15, 0.2) is 0 Å². The number of nitrogens with two attached hydrogens (primary N) is 1. The minimum atomic E-state index is 0.0263. The van der Waals surface area contributed by atoms with Gasteiger partial charge in [-0.15, -0.1) is 0 Å². The Balaban J connectivity index is 2.18. The zero-order valence-corrected chi connectivity index (χ0v) is 13.0. The molecule has 20 heavy (non-hydrogen) atoms. The molecule has 0 spiro atoms. The van der Waals surface area contributed by atoms with E-state index >= 15 is 0 Å². The van der Waals surface area contributed by atoms with Crippen molar-refractivity contribution < 1.29 is 0 Å². The monoisotopic (exact) mass is 307 g/mol. The third-order valence-corrected chi connectivity index (χ3v) is 4.53. The summed E-state index contributed by atoms with van der Waals surface area (Å²) >= 11 is 12.3. The van der Waals surface area contributed by atoms with Gasteiger partial charge in [0.25, 0.3) is 0 Å². The van der Waals surface area contributed by atoms with Gasteiger partial charge in [-0.05, 0) is 36.0 Å². The molecule has 2 atom stereocenters. The fourth-order valence-electron chi connectivity index (χ4n) is 2.59. The molecular weight excluding hydrogens is 289 g/mol. The predicted molar refractivity (Wildman–Crippen MR) is 87.6 cm³/mol. The Bertz CT molecular complexity index is 554. The number of benzene rings is 2. The van der Waals surface area contributed by atoms with Gasteiger partial charge in [0.2, 0.25) is 0 Å². The van der Waals surface area contributed by atoms with E-state index in [1.807, 2.05) is 18.2 Å². The minimum absolute atomic E-state index is 0.0263. The van der Waals surface area contributed by atoms with E-state index in [0.717, 1.165) is 18.4 Å². The van der Waals surface area contributed by atoms with Crippen LogP contribution in [0.1, 0.15) is 30.4 Å². The largest absolute Gasteiger partial charge is 0.327 e. The molecule has 2 aromatic rings. The quantitative estimate of drug-likeness (QED) is 0.821. The number of rotatable bonds is 5. The molecule has 1 nitrogen and oxygen atoms in total. The first kappa shape index (κ1) is 15.4. The first-order valence-corrected chi connectivity index (χ1v) is 7.62. The molecule has 0 aliphatic rings. The Morgan fingerprint density at radius 3 is 2.35 bits per heavy atom. The van der Waals surface area contributed by atoms with Crippen molar-refractivity contribution in [2.24, 2.45) is 5.73 Å². The summed E-state index contributed by atoms with van der Waals surface area (Å²) < 4.78 is 0. The van der Waals surface area contributed by atoms with Gasteiger partial charge in [-0.1, -0.05) is 72.6 Å². The van der Waals surface area contributed by atoms with Crippen molar-refractivity contribution in [1.82, 2.24) is 0 Å². The highest BCUT2D eigenvalue weighted by Crippen LogP contribution is 2.29. The highest BCUT2D eigenvalue weighted by atomic mass is 35.5. The molecule has 0 heterocycles. The third kappa shape index (κ3) is 3.54. The normalized spacial score (nSPS) is 14.0. The Morgan fingerprint density at radius 1 is 1.00 bits per heavy atom. The second-order valence-corrected chi connectivity index (χ2v) is 5.79. The van der Waals surface area contributed by atoms with Crippen molar-refractivity contribution in [2.45, 2.75) is 31.7 Å². The van der Waals surface area contributed by atoms with E-state index in [2.05, 4.69) is 31.2 Å². The summed E-state index contributed by atoms with van der Waals surface area (Å²) in [5.74, 6) is 0.325. The van der Waals surface area contributed by atoms with Crippen LogP contribution in [0.5, 0.6) is 0 Å². The molecular formula is C17H19Cl2N. The molecule has 0 fully saturated rings. The van der Waals surface area contributed by atoms with Crippen LogP contribution in [0, 0.1) is 0 Å². The van der Waals surface area contributed by atoms with Crippen molar-refractivity contribution in [2.75, 3.05) is 0 Å². The predicted octanol–water partition coefficient (Wildman–Crippen LogP) is 5.06. The van der Waals surface area contributed by atoms with Crippen molar-refractivity contribution in [1.29, 1.82) is 0 Å². The van der Waals surface area contributed by atoms with Crippen molar-refractivity contribution in [3.8, 4) is 0 Å². The molecule has 0 bridgehead atoms. The van der Waals surface area contributed by atoms with Crippen molar-refractivity contribution in [3.05, 3.63) is 69.7 Å². The van der Waals surface area contributed by atoms with Gasteiger partial charge in [0, 0.05) is 6.04 Å². The summed E-state index contributed by atoms with van der Waals surface area (Å²) in [6.07, 6.45) is 1.73. The van der Waals surface area contributed by atoms with Crippen molar-refractivity contribution in [3.63, 3.8) is 0 Å². The second kappa shape index (κ2) is 7.12. The molecule has 0 aliphatic carbocycles. The average Bonchev–Trinajstić information content (AvgIpc) is 2.46. The fraction of sp³-hybridized carbons (Fsp3) is 0.294. The summed E-state index contributed by atoms with van der Waals surface area (Å²) in [4.78, 5) is 0. The van der Waals surface area contributed by atoms with E-state index < -0.39 is 0 Å². The van der Waals surface area contributed by atoms with Gasteiger partial charge < -0.3 is 5.73 Å². The van der Waals surface area contributed by atoms with E-state index in [9.17, 15) is 0 Å². The lowest BCUT2D eigenvalue weighted by Gasteiger charge is -2.23. The zero-order valence-electron chi connectivity index (χ0n) is 11.5. The summed E-state index contributed by atoms with van der Waals surface area (Å²) in [7, 11) is 0. The number of hydrogen-bond donors (Lipinski definition) is 1. The highest BCUT2D eigenvalue weighted by Gasteiger charge is 2.19. The lowest BCUT2D eigenvalue weighted by Crippen LogP contribution is -2.30. The van der Waals surface area contributed by atoms with Crippen LogP contribution in [0.2, 0.25) is 10.0 Å². The molecule has 2 rings (SSSR count). The van der Waals surface area contributed by atoms with Gasteiger partial charge in [-0.3, -0.25) is 0 Å². The topological polar surface area (TPSA) is 26.0 Å². The van der Waals surface area contributed by atoms with Gasteiger partial charge >= 0.3 is 0 Å². The first-order chi connectivity index (χ1) is 9.63. The van der Waals surface area contributed by atoms with Gasteiger partial charge in [-0.2, -0.15) is 0 Å². The van der Waals surface area contributed by atoms with Crippen LogP contribution >= 0.6 is 23.2 Å². The maximum Gasteiger partial charge on any atom is 0.0624 e. The lowest BCUT2D eigenvalue weighted by molar-refractivity contribution is 0.515. The standard InChI is InChI=1S/C17H19Cl2N/c1-2-14(12-7-4-3-5-8-12)16(20)11-13-9-6-10-15(18)17(13)19/h3-10,14,16H,2,11,20H2,1H3. The molecule has 3 heteroatoms.